The van der Waals surface area contributed by atoms with Crippen LogP contribution >= 0.6 is 0 Å². The largest absolute Gasteiger partial charge is 0.468 e. The molecule has 1 aromatic carbocycles. The molecule has 3 heterocycles. The zero-order valence-electron chi connectivity index (χ0n) is 18.7. The molecule has 0 spiro atoms. The molecule has 10 heteroatoms. The highest BCUT2D eigenvalue weighted by molar-refractivity contribution is 5.92. The third kappa shape index (κ3) is 5.77. The molecule has 10 nitrogen and oxygen atoms in total. The van der Waals surface area contributed by atoms with Gasteiger partial charge in [-0.3, -0.25) is 19.8 Å². The summed E-state index contributed by atoms with van der Waals surface area (Å²) in [5.41, 5.74) is 1.18. The number of amides is 1. The van der Waals surface area contributed by atoms with E-state index in [2.05, 4.69) is 15.2 Å². The summed E-state index contributed by atoms with van der Waals surface area (Å²) in [4.78, 5) is 33.3. The van der Waals surface area contributed by atoms with Crippen molar-refractivity contribution in [1.82, 2.24) is 20.1 Å². The number of oxazole rings is 1. The Morgan fingerprint density at radius 3 is 2.73 bits per heavy atom. The van der Waals surface area contributed by atoms with Crippen molar-refractivity contribution < 1.29 is 28.6 Å². The lowest BCUT2D eigenvalue weighted by molar-refractivity contribution is -0.143. The fourth-order valence-corrected chi connectivity index (χ4v) is 4.26. The minimum atomic E-state index is -0.670. The van der Waals surface area contributed by atoms with Crippen LogP contribution in [0.15, 0.2) is 41.0 Å². The quantitative estimate of drug-likeness (QED) is 0.530. The number of likely N-dealkylation sites (tertiary alicyclic amines) is 1. The number of aliphatic hydroxyl groups is 1. The van der Waals surface area contributed by atoms with E-state index in [-0.39, 0.29) is 36.5 Å². The lowest BCUT2D eigenvalue weighted by Gasteiger charge is -2.33. The van der Waals surface area contributed by atoms with E-state index in [9.17, 15) is 14.7 Å². The van der Waals surface area contributed by atoms with Crippen molar-refractivity contribution >= 4 is 11.9 Å². The second-order valence-electron chi connectivity index (χ2n) is 8.27. The number of aromatic nitrogens is 1. The van der Waals surface area contributed by atoms with Gasteiger partial charge in [0, 0.05) is 32.7 Å². The summed E-state index contributed by atoms with van der Waals surface area (Å²) in [5, 5.41) is 13.7. The number of hydrogen-bond acceptors (Lipinski definition) is 9. The first-order valence-corrected chi connectivity index (χ1v) is 11.1. The number of β-amino-alcohol motifs (C(OH)–C–C–N with tert-alkyl or cyclic N) is 1. The molecule has 178 valence electrons. The van der Waals surface area contributed by atoms with Crippen LogP contribution < -0.4 is 5.32 Å². The number of benzene rings is 1. The molecule has 2 saturated heterocycles. The number of nitrogens with zero attached hydrogens (tertiary/aromatic N) is 3. The van der Waals surface area contributed by atoms with Gasteiger partial charge in [-0.05, 0) is 5.56 Å². The molecule has 2 aliphatic heterocycles. The van der Waals surface area contributed by atoms with Crippen LogP contribution in [0, 0.1) is 0 Å². The molecule has 0 aliphatic carbocycles. The smallest absolute Gasteiger partial charge is 0.323 e. The fraction of sp³-hybridized carbons (Fsp3) is 0.522. The van der Waals surface area contributed by atoms with E-state index in [0.717, 1.165) is 18.7 Å². The summed E-state index contributed by atoms with van der Waals surface area (Å²) in [6.07, 6.45) is 0.827. The molecule has 0 saturated carbocycles. The Kier molecular flexibility index (Phi) is 7.71. The van der Waals surface area contributed by atoms with Gasteiger partial charge >= 0.3 is 5.97 Å². The van der Waals surface area contributed by atoms with Gasteiger partial charge in [0.05, 0.1) is 38.9 Å². The number of esters is 1. The van der Waals surface area contributed by atoms with Gasteiger partial charge in [0.1, 0.15) is 12.3 Å². The zero-order chi connectivity index (χ0) is 23.2. The number of carbonyl (C=O) groups is 2. The Hall–Kier alpha value is -2.79. The second-order valence-corrected chi connectivity index (χ2v) is 8.27. The first-order valence-electron chi connectivity index (χ1n) is 11.1. The standard InChI is InChI=1S/C23H30N4O6/c1-31-23(30)17(24-12-16-5-3-2-4-6-16)11-21-25-18(15-33-21)22(29)27-13-19(20(28)14-27)26-7-9-32-10-8-26/h2-6,15,17,19-20,24,28H,7-14H2,1H3. The van der Waals surface area contributed by atoms with Crippen molar-refractivity contribution in [3.8, 4) is 0 Å². The average molecular weight is 459 g/mol. The van der Waals surface area contributed by atoms with Crippen LogP contribution in [0.3, 0.4) is 0 Å². The predicted octanol–water partition coefficient (Wildman–Crippen LogP) is 0.0660. The number of aliphatic hydroxyl groups excluding tert-OH is 1. The number of morpholine rings is 1. The summed E-state index contributed by atoms with van der Waals surface area (Å²) in [6, 6.07) is 8.90. The highest BCUT2D eigenvalue weighted by Crippen LogP contribution is 2.20. The minimum Gasteiger partial charge on any atom is -0.468 e. The first-order chi connectivity index (χ1) is 16.0. The van der Waals surface area contributed by atoms with Crippen LogP contribution in [-0.4, -0.2) is 96.5 Å². The van der Waals surface area contributed by atoms with Crippen molar-refractivity contribution in [3.05, 3.63) is 53.7 Å². The molecule has 1 amide bonds. The molecule has 3 atom stereocenters. The highest BCUT2D eigenvalue weighted by Gasteiger charge is 2.39. The number of ether oxygens (including phenoxy) is 2. The molecule has 2 aliphatic rings. The van der Waals surface area contributed by atoms with Crippen LogP contribution in [0.5, 0.6) is 0 Å². The Bertz CT molecular complexity index is 930. The van der Waals surface area contributed by atoms with Crippen LogP contribution in [0.2, 0.25) is 0 Å². The van der Waals surface area contributed by atoms with Gasteiger partial charge in [0.25, 0.3) is 5.91 Å². The van der Waals surface area contributed by atoms with E-state index in [1.165, 1.54) is 13.4 Å². The van der Waals surface area contributed by atoms with E-state index < -0.39 is 18.1 Å². The van der Waals surface area contributed by atoms with E-state index in [4.69, 9.17) is 13.9 Å². The number of carbonyl (C=O) groups excluding carboxylic acids is 2. The Morgan fingerprint density at radius 1 is 1.24 bits per heavy atom. The molecule has 2 aromatic rings. The molecule has 2 N–H and O–H groups in total. The molecule has 1 aromatic heterocycles. The van der Waals surface area contributed by atoms with Crippen LogP contribution in [-0.2, 0) is 27.2 Å². The van der Waals surface area contributed by atoms with Crippen molar-refractivity contribution in [2.24, 2.45) is 0 Å². The Labute approximate surface area is 192 Å². The molecular formula is C23H30N4O6. The van der Waals surface area contributed by atoms with Crippen molar-refractivity contribution in [1.29, 1.82) is 0 Å². The summed E-state index contributed by atoms with van der Waals surface area (Å²) < 4.78 is 15.8. The number of hydrogen-bond donors (Lipinski definition) is 2. The maximum atomic E-state index is 13.0. The summed E-state index contributed by atoms with van der Waals surface area (Å²) in [6.45, 7) is 3.87. The van der Waals surface area contributed by atoms with Gasteiger partial charge in [-0.1, -0.05) is 30.3 Å². The minimum absolute atomic E-state index is 0.116. The van der Waals surface area contributed by atoms with Gasteiger partial charge < -0.3 is 23.9 Å². The molecule has 4 rings (SSSR count). The van der Waals surface area contributed by atoms with Crippen LogP contribution in [0.25, 0.3) is 0 Å². The molecule has 0 radical (unpaired) electrons. The zero-order valence-corrected chi connectivity index (χ0v) is 18.7. The van der Waals surface area contributed by atoms with Crippen molar-refractivity contribution in [3.63, 3.8) is 0 Å². The van der Waals surface area contributed by atoms with E-state index in [1.54, 1.807) is 4.90 Å². The van der Waals surface area contributed by atoms with E-state index in [1.807, 2.05) is 30.3 Å². The number of methoxy groups -OCH3 is 1. The lowest BCUT2D eigenvalue weighted by atomic mass is 10.1. The van der Waals surface area contributed by atoms with Crippen molar-refractivity contribution in [2.45, 2.75) is 31.2 Å². The normalized spacial score (nSPS) is 22.3. The molecule has 0 bridgehead atoms. The fourth-order valence-electron chi connectivity index (χ4n) is 4.26. The van der Waals surface area contributed by atoms with Crippen LogP contribution in [0.1, 0.15) is 21.9 Å². The molecule has 3 unspecified atom stereocenters. The summed E-state index contributed by atoms with van der Waals surface area (Å²) in [5.74, 6) is -0.474. The maximum Gasteiger partial charge on any atom is 0.323 e. The summed E-state index contributed by atoms with van der Waals surface area (Å²) in [7, 11) is 1.33. The van der Waals surface area contributed by atoms with Crippen molar-refractivity contribution in [2.75, 3.05) is 46.5 Å². The van der Waals surface area contributed by atoms with Gasteiger partial charge in [-0.25, -0.2) is 4.98 Å². The lowest BCUT2D eigenvalue weighted by Crippen LogP contribution is -2.49. The molecule has 2 fully saturated rings. The van der Waals surface area contributed by atoms with Crippen LogP contribution in [0.4, 0.5) is 0 Å². The van der Waals surface area contributed by atoms with Gasteiger partial charge in [0.2, 0.25) is 0 Å². The topological polar surface area (TPSA) is 117 Å². The summed E-state index contributed by atoms with van der Waals surface area (Å²) >= 11 is 0. The molecule has 33 heavy (non-hydrogen) atoms. The van der Waals surface area contributed by atoms with Gasteiger partial charge in [0.15, 0.2) is 11.6 Å². The first kappa shape index (κ1) is 23.4. The van der Waals surface area contributed by atoms with Gasteiger partial charge in [-0.2, -0.15) is 0 Å². The number of rotatable bonds is 8. The average Bonchev–Trinajstić information content (AvgIpc) is 3.48. The third-order valence-electron chi connectivity index (χ3n) is 6.09. The maximum absolute atomic E-state index is 13.0. The van der Waals surface area contributed by atoms with E-state index >= 15 is 0 Å². The second kappa shape index (κ2) is 10.9. The Balaban J connectivity index is 1.36. The highest BCUT2D eigenvalue weighted by atomic mass is 16.5. The van der Waals surface area contributed by atoms with E-state index in [0.29, 0.717) is 26.3 Å². The monoisotopic (exact) mass is 458 g/mol. The van der Waals surface area contributed by atoms with Gasteiger partial charge in [-0.15, -0.1) is 0 Å². The molecular weight excluding hydrogens is 428 g/mol. The SMILES string of the molecule is COC(=O)C(Cc1nc(C(=O)N2CC(O)C(N3CCOCC3)C2)co1)NCc1ccccc1. The third-order valence-corrected chi connectivity index (χ3v) is 6.09. The Morgan fingerprint density at radius 2 is 2.00 bits per heavy atom. The predicted molar refractivity (Wildman–Crippen MR) is 117 cm³/mol. The number of nitrogens with one attached hydrogen (secondary N) is 1.